The Morgan fingerprint density at radius 2 is 1.60 bits per heavy atom. The maximum absolute atomic E-state index is 13.6. The Balaban J connectivity index is 4.92. The molecule has 1 unspecified atom stereocenters. The number of aliphatic hydroxyl groups is 1. The van der Waals surface area contributed by atoms with Crippen LogP contribution in [0.4, 0.5) is 13.2 Å². The monoisotopic (exact) mass is 284 g/mol. The second kappa shape index (κ2) is 7.58. The highest BCUT2D eigenvalue weighted by Gasteiger charge is 2.17. The van der Waals surface area contributed by atoms with Gasteiger partial charge in [0.15, 0.2) is 11.7 Å². The van der Waals surface area contributed by atoms with Gasteiger partial charge in [0.25, 0.3) is 0 Å². The van der Waals surface area contributed by atoms with E-state index in [-0.39, 0.29) is 11.1 Å². The number of rotatable bonds is 7. The molecule has 0 spiro atoms. The molecule has 0 amide bonds. The molecule has 0 aromatic carbocycles. The summed E-state index contributed by atoms with van der Waals surface area (Å²) >= 11 is 0. The van der Waals surface area contributed by atoms with Gasteiger partial charge in [-0.05, 0) is 30.4 Å². The lowest BCUT2D eigenvalue weighted by atomic mass is 9.95. The van der Waals surface area contributed by atoms with Gasteiger partial charge in [-0.2, -0.15) is 4.39 Å². The van der Waals surface area contributed by atoms with E-state index in [2.05, 4.69) is 26.3 Å². The van der Waals surface area contributed by atoms with Crippen LogP contribution >= 0.6 is 0 Å². The van der Waals surface area contributed by atoms with E-state index in [1.807, 2.05) is 0 Å². The molecule has 1 atom stereocenters. The second-order valence-electron chi connectivity index (χ2n) is 4.51. The molecule has 4 heteroatoms. The van der Waals surface area contributed by atoms with Crippen LogP contribution in [0.15, 0.2) is 72.4 Å². The number of hydrogen-bond donors (Lipinski definition) is 1. The molecule has 0 saturated heterocycles. The third kappa shape index (κ3) is 4.96. The van der Waals surface area contributed by atoms with Gasteiger partial charge in [-0.25, -0.2) is 8.78 Å². The number of allylic oxidation sites excluding steroid dienone is 7. The van der Waals surface area contributed by atoms with Gasteiger partial charge in [-0.1, -0.05) is 39.3 Å². The molecule has 0 aromatic rings. The van der Waals surface area contributed by atoms with Crippen molar-refractivity contribution in [2.24, 2.45) is 5.92 Å². The number of hydrogen-bond acceptors (Lipinski definition) is 1. The number of halogens is 3. The average Bonchev–Trinajstić information content (AvgIpc) is 2.40. The third-order valence-corrected chi connectivity index (χ3v) is 2.90. The zero-order valence-corrected chi connectivity index (χ0v) is 11.8. The molecule has 0 saturated carbocycles. The van der Waals surface area contributed by atoms with Gasteiger partial charge >= 0.3 is 0 Å². The van der Waals surface area contributed by atoms with E-state index in [4.69, 9.17) is 5.11 Å². The second-order valence-corrected chi connectivity index (χ2v) is 4.51. The van der Waals surface area contributed by atoms with Gasteiger partial charge in [0, 0.05) is 5.57 Å². The van der Waals surface area contributed by atoms with Crippen molar-refractivity contribution in [1.29, 1.82) is 0 Å². The molecule has 1 nitrogen and oxygen atoms in total. The molecule has 20 heavy (non-hydrogen) atoms. The molecule has 0 radical (unpaired) electrons. The molecule has 0 aliphatic heterocycles. The molecule has 0 aliphatic carbocycles. The predicted molar refractivity (Wildman–Crippen MR) is 77.1 cm³/mol. The van der Waals surface area contributed by atoms with Gasteiger partial charge in [0.1, 0.15) is 11.6 Å². The summed E-state index contributed by atoms with van der Waals surface area (Å²) in [5.74, 6) is -4.71. The van der Waals surface area contributed by atoms with Crippen LogP contribution in [0, 0.1) is 5.92 Å². The Morgan fingerprint density at radius 3 is 2.00 bits per heavy atom. The van der Waals surface area contributed by atoms with Crippen LogP contribution in [0.1, 0.15) is 20.3 Å². The summed E-state index contributed by atoms with van der Waals surface area (Å²) in [6.07, 6.45) is 1.96. The maximum Gasteiger partial charge on any atom is 0.199 e. The standard InChI is InChI=1S/C16H19F3O/c1-9(11(3)13(5)17)7-8-10(2)12(4)15(18)16(19)14(6)20/h7,10,20H,3-6,8H2,1-2H3/b9-7+,16-15-. The summed E-state index contributed by atoms with van der Waals surface area (Å²) in [4.78, 5) is 0. The summed E-state index contributed by atoms with van der Waals surface area (Å²) in [6, 6.07) is 0. The summed E-state index contributed by atoms with van der Waals surface area (Å²) in [5.41, 5.74) is 0.619. The molecule has 0 aromatic heterocycles. The van der Waals surface area contributed by atoms with Crippen molar-refractivity contribution in [3.05, 3.63) is 72.4 Å². The lowest BCUT2D eigenvalue weighted by molar-refractivity contribution is 0.379. The van der Waals surface area contributed by atoms with E-state index in [1.165, 1.54) is 0 Å². The SMILES string of the molecule is C=C(F)C(=C)/C(C)=C/CC(C)C(=C)/C(F)=C(/F)C(=C)O. The van der Waals surface area contributed by atoms with E-state index in [1.54, 1.807) is 19.9 Å². The fourth-order valence-corrected chi connectivity index (χ4v) is 1.32. The van der Waals surface area contributed by atoms with Crippen molar-refractivity contribution < 1.29 is 18.3 Å². The highest BCUT2D eigenvalue weighted by Crippen LogP contribution is 2.28. The largest absolute Gasteiger partial charge is 0.505 e. The quantitative estimate of drug-likeness (QED) is 0.464. The predicted octanol–water partition coefficient (Wildman–Crippen LogP) is 5.78. The van der Waals surface area contributed by atoms with Crippen molar-refractivity contribution in [2.75, 3.05) is 0 Å². The van der Waals surface area contributed by atoms with Crippen molar-refractivity contribution >= 4 is 0 Å². The van der Waals surface area contributed by atoms with Crippen molar-refractivity contribution in [3.63, 3.8) is 0 Å². The van der Waals surface area contributed by atoms with Crippen LogP contribution in [-0.4, -0.2) is 5.11 Å². The van der Waals surface area contributed by atoms with Crippen LogP contribution in [0.3, 0.4) is 0 Å². The smallest absolute Gasteiger partial charge is 0.199 e. The van der Waals surface area contributed by atoms with Gasteiger partial charge in [-0.3, -0.25) is 0 Å². The molecule has 0 bridgehead atoms. The highest BCUT2D eigenvalue weighted by molar-refractivity contribution is 5.39. The summed E-state index contributed by atoms with van der Waals surface area (Å²) in [7, 11) is 0. The Kier molecular flexibility index (Phi) is 6.83. The summed E-state index contributed by atoms with van der Waals surface area (Å²) in [6.45, 7) is 16.3. The molecule has 1 N–H and O–H groups in total. The van der Waals surface area contributed by atoms with Gasteiger partial charge < -0.3 is 5.11 Å². The Bertz CT molecular complexity index is 510. The lowest BCUT2D eigenvalue weighted by Gasteiger charge is -2.12. The Hall–Kier alpha value is -1.97. The molecule has 0 fully saturated rings. The first-order chi connectivity index (χ1) is 9.09. The summed E-state index contributed by atoms with van der Waals surface area (Å²) < 4.78 is 39.6. The molecular formula is C16H19F3O. The molecular weight excluding hydrogens is 265 g/mol. The average molecular weight is 284 g/mol. The van der Waals surface area contributed by atoms with Crippen molar-refractivity contribution in [2.45, 2.75) is 20.3 Å². The molecule has 0 aliphatic rings. The van der Waals surface area contributed by atoms with E-state index in [9.17, 15) is 13.2 Å². The first-order valence-electron chi connectivity index (χ1n) is 5.93. The zero-order chi connectivity index (χ0) is 16.0. The van der Waals surface area contributed by atoms with E-state index in [0.717, 1.165) is 0 Å². The molecule has 110 valence electrons. The highest BCUT2D eigenvalue weighted by atomic mass is 19.2. The van der Waals surface area contributed by atoms with Crippen LogP contribution in [0.5, 0.6) is 0 Å². The third-order valence-electron chi connectivity index (χ3n) is 2.90. The molecule has 0 heterocycles. The molecule has 0 rings (SSSR count). The fourth-order valence-electron chi connectivity index (χ4n) is 1.32. The zero-order valence-electron chi connectivity index (χ0n) is 11.8. The minimum Gasteiger partial charge on any atom is -0.505 e. The fraction of sp³-hybridized carbons (Fsp3) is 0.250. The number of aliphatic hydroxyl groups excluding tert-OH is 1. The Labute approximate surface area is 117 Å². The summed E-state index contributed by atoms with van der Waals surface area (Å²) in [5, 5.41) is 8.79. The minimum absolute atomic E-state index is 0.105. The van der Waals surface area contributed by atoms with Crippen LogP contribution in [-0.2, 0) is 0 Å². The first kappa shape index (κ1) is 18.0. The van der Waals surface area contributed by atoms with E-state index >= 15 is 0 Å². The lowest BCUT2D eigenvalue weighted by Crippen LogP contribution is -2.00. The van der Waals surface area contributed by atoms with Gasteiger partial charge in [-0.15, -0.1) is 0 Å². The normalized spacial score (nSPS) is 14.3. The van der Waals surface area contributed by atoms with Crippen LogP contribution < -0.4 is 0 Å². The van der Waals surface area contributed by atoms with Gasteiger partial charge in [0.2, 0.25) is 0 Å². The van der Waals surface area contributed by atoms with Crippen molar-refractivity contribution in [1.82, 2.24) is 0 Å². The van der Waals surface area contributed by atoms with Gasteiger partial charge in [0.05, 0.1) is 0 Å². The van der Waals surface area contributed by atoms with E-state index in [0.29, 0.717) is 12.0 Å². The van der Waals surface area contributed by atoms with Crippen LogP contribution in [0.25, 0.3) is 0 Å². The Morgan fingerprint density at radius 1 is 1.10 bits per heavy atom. The van der Waals surface area contributed by atoms with Crippen molar-refractivity contribution in [3.8, 4) is 0 Å². The minimum atomic E-state index is -1.43. The van der Waals surface area contributed by atoms with E-state index < -0.39 is 29.2 Å². The van der Waals surface area contributed by atoms with Crippen LogP contribution in [0.2, 0.25) is 0 Å². The topological polar surface area (TPSA) is 20.2 Å². The first-order valence-corrected chi connectivity index (χ1v) is 5.93. The maximum atomic E-state index is 13.6.